The Morgan fingerprint density at radius 1 is 1.38 bits per heavy atom. The van der Waals surface area contributed by atoms with Crippen molar-refractivity contribution in [3.63, 3.8) is 0 Å². The van der Waals surface area contributed by atoms with Crippen LogP contribution in [0, 0.1) is 0 Å². The summed E-state index contributed by atoms with van der Waals surface area (Å²) in [6.07, 6.45) is 0.643. The summed E-state index contributed by atoms with van der Waals surface area (Å²) < 4.78 is 4.94. The molecule has 2 N–H and O–H groups in total. The largest absolute Gasteiger partial charge is 0.480 e. The van der Waals surface area contributed by atoms with E-state index in [-0.39, 0.29) is 6.04 Å². The van der Waals surface area contributed by atoms with Crippen molar-refractivity contribution in [3.05, 3.63) is 29.3 Å². The smallest absolute Gasteiger partial charge is 0.323 e. The molecule has 0 saturated heterocycles. The van der Waals surface area contributed by atoms with Crippen molar-refractivity contribution in [2.75, 3.05) is 25.2 Å². The Morgan fingerprint density at radius 3 is 2.52 bits per heavy atom. The number of benzene rings is 1. The summed E-state index contributed by atoms with van der Waals surface area (Å²) in [6.45, 7) is 1.92. The molecule has 2 amide bonds. The average molecular weight is 315 g/mol. The minimum Gasteiger partial charge on any atom is -0.480 e. The van der Waals surface area contributed by atoms with E-state index in [0.717, 1.165) is 4.90 Å². The summed E-state index contributed by atoms with van der Waals surface area (Å²) in [7, 11) is 1.58. The Hall–Kier alpha value is -1.79. The number of rotatable bonds is 7. The minimum atomic E-state index is -1.09. The average Bonchev–Trinajstić information content (AvgIpc) is 2.43. The van der Waals surface area contributed by atoms with Gasteiger partial charge in [0, 0.05) is 30.5 Å². The maximum absolute atomic E-state index is 12.2. The van der Waals surface area contributed by atoms with Crippen LogP contribution in [0.3, 0.4) is 0 Å². The predicted molar refractivity (Wildman–Crippen MR) is 80.9 cm³/mol. The Morgan fingerprint density at radius 2 is 2.00 bits per heavy atom. The van der Waals surface area contributed by atoms with Crippen LogP contribution in [0.15, 0.2) is 24.3 Å². The maximum Gasteiger partial charge on any atom is 0.323 e. The zero-order valence-electron chi connectivity index (χ0n) is 12.0. The number of hydrogen-bond acceptors (Lipinski definition) is 3. The van der Waals surface area contributed by atoms with Gasteiger partial charge in [0.2, 0.25) is 0 Å². The van der Waals surface area contributed by atoms with Gasteiger partial charge in [-0.3, -0.25) is 9.69 Å². The molecule has 116 valence electrons. The van der Waals surface area contributed by atoms with Gasteiger partial charge in [-0.2, -0.15) is 0 Å². The Labute approximate surface area is 128 Å². The summed E-state index contributed by atoms with van der Waals surface area (Å²) in [5.41, 5.74) is 0.471. The zero-order chi connectivity index (χ0) is 15.8. The molecule has 1 unspecified atom stereocenters. The van der Waals surface area contributed by atoms with Crippen molar-refractivity contribution < 1.29 is 19.4 Å². The summed E-state index contributed by atoms with van der Waals surface area (Å²) in [5.74, 6) is -1.09. The molecule has 7 heteroatoms. The standard InChI is InChI=1S/C14H19ClN2O4/c1-10(7-8-21-2)16-14(20)17(9-13(18)19)12-5-3-11(15)4-6-12/h3-6,10H,7-9H2,1-2H3,(H,16,20)(H,18,19). The van der Waals surface area contributed by atoms with Gasteiger partial charge in [0.25, 0.3) is 0 Å². The van der Waals surface area contributed by atoms with Crippen molar-refractivity contribution in [1.29, 1.82) is 0 Å². The molecular formula is C14H19ClN2O4. The molecule has 0 spiro atoms. The molecule has 1 aromatic rings. The molecule has 0 aliphatic carbocycles. The lowest BCUT2D eigenvalue weighted by Crippen LogP contribution is -2.46. The Bertz CT molecular complexity index is 478. The first-order valence-electron chi connectivity index (χ1n) is 6.48. The van der Waals surface area contributed by atoms with Gasteiger partial charge < -0.3 is 15.2 Å². The van der Waals surface area contributed by atoms with Gasteiger partial charge in [0.1, 0.15) is 6.54 Å². The number of hydrogen-bond donors (Lipinski definition) is 2. The predicted octanol–water partition coefficient (Wildman–Crippen LogP) is 2.37. The number of carbonyl (C=O) groups is 2. The van der Waals surface area contributed by atoms with Crippen LogP contribution in [0.5, 0.6) is 0 Å². The molecule has 0 heterocycles. The SMILES string of the molecule is COCCC(C)NC(=O)N(CC(=O)O)c1ccc(Cl)cc1. The number of amides is 2. The van der Waals surface area contributed by atoms with Crippen LogP contribution >= 0.6 is 11.6 Å². The summed E-state index contributed by atoms with van der Waals surface area (Å²) in [6, 6.07) is 5.82. The fourth-order valence-electron chi connectivity index (χ4n) is 1.69. The molecule has 0 bridgehead atoms. The van der Waals surface area contributed by atoms with E-state index in [2.05, 4.69) is 5.32 Å². The fourth-order valence-corrected chi connectivity index (χ4v) is 1.82. The molecule has 0 aliphatic heterocycles. The molecule has 0 aromatic heterocycles. The first-order chi connectivity index (χ1) is 9.93. The Kier molecular flexibility index (Phi) is 6.98. The third-order valence-corrected chi connectivity index (χ3v) is 3.05. The number of carbonyl (C=O) groups excluding carboxylic acids is 1. The fraction of sp³-hybridized carbons (Fsp3) is 0.429. The lowest BCUT2D eigenvalue weighted by atomic mass is 10.2. The van der Waals surface area contributed by atoms with Gasteiger partial charge in [-0.25, -0.2) is 4.79 Å². The summed E-state index contributed by atoms with van der Waals surface area (Å²) in [4.78, 5) is 24.3. The van der Waals surface area contributed by atoms with E-state index in [9.17, 15) is 9.59 Å². The van der Waals surface area contributed by atoms with Crippen molar-refractivity contribution in [2.24, 2.45) is 0 Å². The molecule has 1 rings (SSSR count). The molecule has 1 atom stereocenters. The summed E-state index contributed by atoms with van der Waals surface area (Å²) >= 11 is 5.79. The molecule has 1 aromatic carbocycles. The minimum absolute atomic E-state index is 0.124. The van der Waals surface area contributed by atoms with Crippen LogP contribution in [-0.4, -0.2) is 43.4 Å². The molecule has 0 fully saturated rings. The van der Waals surface area contributed by atoms with Crippen LogP contribution in [0.2, 0.25) is 5.02 Å². The molecule has 0 radical (unpaired) electrons. The van der Waals surface area contributed by atoms with Gasteiger partial charge in [-0.15, -0.1) is 0 Å². The highest BCUT2D eigenvalue weighted by Gasteiger charge is 2.20. The number of methoxy groups -OCH3 is 1. The van der Waals surface area contributed by atoms with E-state index in [4.69, 9.17) is 21.4 Å². The second-order valence-corrected chi connectivity index (χ2v) is 5.02. The number of anilines is 1. The van der Waals surface area contributed by atoms with Gasteiger partial charge in [-0.05, 0) is 37.6 Å². The normalized spacial score (nSPS) is 11.8. The number of aliphatic carboxylic acids is 1. The lowest BCUT2D eigenvalue weighted by Gasteiger charge is -2.24. The van der Waals surface area contributed by atoms with E-state index in [1.54, 1.807) is 31.4 Å². The third-order valence-electron chi connectivity index (χ3n) is 2.80. The van der Waals surface area contributed by atoms with Crippen LogP contribution in [0.4, 0.5) is 10.5 Å². The van der Waals surface area contributed by atoms with Gasteiger partial charge >= 0.3 is 12.0 Å². The summed E-state index contributed by atoms with van der Waals surface area (Å²) in [5, 5.41) is 12.2. The molecule has 0 aliphatic rings. The highest BCUT2D eigenvalue weighted by Crippen LogP contribution is 2.18. The van der Waals surface area contributed by atoms with Crippen LogP contribution < -0.4 is 10.2 Å². The quantitative estimate of drug-likeness (QED) is 0.810. The molecule has 21 heavy (non-hydrogen) atoms. The Balaban J connectivity index is 2.79. The number of urea groups is 1. The van der Waals surface area contributed by atoms with E-state index in [0.29, 0.717) is 23.7 Å². The van der Waals surface area contributed by atoms with Crippen molar-refractivity contribution in [2.45, 2.75) is 19.4 Å². The second-order valence-electron chi connectivity index (χ2n) is 4.59. The van der Waals surface area contributed by atoms with Crippen molar-refractivity contribution in [3.8, 4) is 0 Å². The maximum atomic E-state index is 12.2. The first kappa shape index (κ1) is 17.3. The highest BCUT2D eigenvalue weighted by atomic mass is 35.5. The van der Waals surface area contributed by atoms with Crippen LogP contribution in [-0.2, 0) is 9.53 Å². The monoisotopic (exact) mass is 314 g/mol. The van der Waals surface area contributed by atoms with Gasteiger partial charge in [-0.1, -0.05) is 11.6 Å². The van der Waals surface area contributed by atoms with E-state index in [1.807, 2.05) is 6.92 Å². The first-order valence-corrected chi connectivity index (χ1v) is 6.86. The lowest BCUT2D eigenvalue weighted by molar-refractivity contribution is -0.135. The molecule has 6 nitrogen and oxygen atoms in total. The van der Waals surface area contributed by atoms with E-state index < -0.39 is 18.5 Å². The van der Waals surface area contributed by atoms with Crippen molar-refractivity contribution >= 4 is 29.3 Å². The number of nitrogens with one attached hydrogen (secondary N) is 1. The highest BCUT2D eigenvalue weighted by molar-refractivity contribution is 6.30. The van der Waals surface area contributed by atoms with Gasteiger partial charge in [0.05, 0.1) is 0 Å². The van der Waals surface area contributed by atoms with E-state index >= 15 is 0 Å². The second kappa shape index (κ2) is 8.49. The topological polar surface area (TPSA) is 78.9 Å². The number of carboxylic acids is 1. The van der Waals surface area contributed by atoms with E-state index in [1.165, 1.54) is 0 Å². The third kappa shape index (κ3) is 6.01. The number of halogens is 1. The molecule has 0 saturated carbocycles. The van der Waals surface area contributed by atoms with Crippen LogP contribution in [0.25, 0.3) is 0 Å². The van der Waals surface area contributed by atoms with Gasteiger partial charge in [0.15, 0.2) is 0 Å². The number of nitrogens with zero attached hydrogens (tertiary/aromatic N) is 1. The van der Waals surface area contributed by atoms with Crippen LogP contribution in [0.1, 0.15) is 13.3 Å². The number of carboxylic acid groups (broad SMARTS) is 1. The van der Waals surface area contributed by atoms with Crippen molar-refractivity contribution in [1.82, 2.24) is 5.32 Å². The zero-order valence-corrected chi connectivity index (χ0v) is 12.8. The molecular weight excluding hydrogens is 296 g/mol. The number of ether oxygens (including phenoxy) is 1.